The van der Waals surface area contributed by atoms with Gasteiger partial charge in [0.25, 0.3) is 5.91 Å². The van der Waals surface area contributed by atoms with E-state index < -0.39 is 10.8 Å². The Labute approximate surface area is 179 Å². The Morgan fingerprint density at radius 1 is 0.968 bits per heavy atom. The number of carbonyl (C=O) groups is 1. The van der Waals surface area contributed by atoms with Crippen molar-refractivity contribution in [3.8, 4) is 0 Å². The molecule has 3 aromatic rings. The van der Waals surface area contributed by atoms with Gasteiger partial charge >= 0.3 is 5.69 Å². The summed E-state index contributed by atoms with van der Waals surface area (Å²) < 4.78 is 0. The van der Waals surface area contributed by atoms with Gasteiger partial charge in [-0.3, -0.25) is 25.8 Å². The van der Waals surface area contributed by atoms with Crippen LogP contribution in [0.2, 0.25) is 0 Å². The van der Waals surface area contributed by atoms with E-state index in [9.17, 15) is 14.9 Å². The van der Waals surface area contributed by atoms with Crippen LogP contribution < -0.4 is 16.2 Å². The number of nitrogens with one attached hydrogen (secondary N) is 3. The molecule has 1 heterocycles. The second kappa shape index (κ2) is 9.38. The molecule has 1 saturated carbocycles. The number of nitrogens with zero attached hydrogens (tertiary/aromatic N) is 3. The maximum Gasteiger partial charge on any atom is 0.354 e. The monoisotopic (exact) mass is 420 g/mol. The van der Waals surface area contributed by atoms with Crippen molar-refractivity contribution in [2.45, 2.75) is 44.6 Å². The van der Waals surface area contributed by atoms with Gasteiger partial charge in [0, 0.05) is 11.6 Å². The summed E-state index contributed by atoms with van der Waals surface area (Å²) in [5.74, 6) is -0.318. The number of anilines is 2. The lowest BCUT2D eigenvalue weighted by molar-refractivity contribution is -0.383. The third kappa shape index (κ3) is 4.71. The summed E-state index contributed by atoms with van der Waals surface area (Å²) in [5, 5.41) is 16.7. The Kier molecular flexibility index (Phi) is 6.21. The molecule has 160 valence electrons. The summed E-state index contributed by atoms with van der Waals surface area (Å²) in [7, 11) is 0. The van der Waals surface area contributed by atoms with E-state index in [1.54, 1.807) is 12.1 Å². The quantitative estimate of drug-likeness (QED) is 0.306. The lowest BCUT2D eigenvalue weighted by Gasteiger charge is -2.17. The zero-order chi connectivity index (χ0) is 21.6. The van der Waals surface area contributed by atoms with Crippen molar-refractivity contribution < 1.29 is 9.72 Å². The smallest absolute Gasteiger partial charge is 0.354 e. The highest BCUT2D eigenvalue weighted by atomic mass is 16.6. The first kappa shape index (κ1) is 20.5. The van der Waals surface area contributed by atoms with E-state index in [1.165, 1.54) is 19.2 Å². The molecular weight excluding hydrogens is 396 g/mol. The van der Waals surface area contributed by atoms with Crippen LogP contribution in [0.4, 0.5) is 17.3 Å². The summed E-state index contributed by atoms with van der Waals surface area (Å²) in [6, 6.07) is 13.1. The Morgan fingerprint density at radius 3 is 2.45 bits per heavy atom. The largest absolute Gasteiger partial charge is 0.361 e. The molecule has 2 aromatic carbocycles. The molecule has 0 unspecified atom stereocenters. The number of carbonyl (C=O) groups excluding carboxylic acids is 1. The normalized spacial score (nSPS) is 14.6. The molecule has 0 bridgehead atoms. The van der Waals surface area contributed by atoms with Gasteiger partial charge in [0.2, 0.25) is 11.6 Å². The minimum Gasteiger partial charge on any atom is -0.361 e. The molecule has 9 nitrogen and oxygen atoms in total. The van der Waals surface area contributed by atoms with Crippen molar-refractivity contribution in [2.75, 3.05) is 10.7 Å². The maximum atomic E-state index is 12.8. The fourth-order valence-corrected chi connectivity index (χ4v) is 3.97. The lowest BCUT2D eigenvalue weighted by Crippen LogP contribution is -2.30. The number of fused-ring (bicyclic) bond motifs is 1. The highest BCUT2D eigenvalue weighted by Crippen LogP contribution is 2.31. The molecule has 0 atom stereocenters. The molecule has 1 amide bonds. The molecule has 4 rings (SSSR count). The van der Waals surface area contributed by atoms with Crippen molar-refractivity contribution in [3.05, 3.63) is 64.5 Å². The van der Waals surface area contributed by atoms with E-state index in [0.717, 1.165) is 36.5 Å². The van der Waals surface area contributed by atoms with E-state index in [-0.39, 0.29) is 23.4 Å². The van der Waals surface area contributed by atoms with Crippen LogP contribution in [0.3, 0.4) is 0 Å². The highest BCUT2D eigenvalue weighted by molar-refractivity contribution is 6.07. The molecule has 1 fully saturated rings. The van der Waals surface area contributed by atoms with Crippen LogP contribution in [0.15, 0.2) is 48.8 Å². The number of amides is 1. The zero-order valence-corrected chi connectivity index (χ0v) is 17.0. The van der Waals surface area contributed by atoms with Crippen molar-refractivity contribution >= 4 is 34.0 Å². The van der Waals surface area contributed by atoms with Crippen molar-refractivity contribution in [1.82, 2.24) is 15.4 Å². The van der Waals surface area contributed by atoms with Gasteiger partial charge in [-0.2, -0.15) is 0 Å². The first-order valence-corrected chi connectivity index (χ1v) is 10.4. The number of hydrazine groups is 1. The summed E-state index contributed by atoms with van der Waals surface area (Å²) >= 11 is 0. The Morgan fingerprint density at radius 2 is 1.68 bits per heavy atom. The standard InChI is InChI=1S/C22H24N6O3/c29-22(18-13-7-9-15-8-5-6-12-17(15)18)27-26-21-19(28(30)31)20(23-14-24-21)25-16-10-3-1-2-4-11-16/h5-9,12-14,16H,1-4,10-11H2,(H,27,29)(H2,23,24,25,26). The second-order valence-electron chi connectivity index (χ2n) is 7.62. The topological polar surface area (TPSA) is 122 Å². The van der Waals surface area contributed by atoms with Crippen LogP contribution in [0.25, 0.3) is 10.8 Å². The molecule has 3 N–H and O–H groups in total. The van der Waals surface area contributed by atoms with E-state index in [4.69, 9.17) is 0 Å². The van der Waals surface area contributed by atoms with Gasteiger partial charge in [-0.05, 0) is 29.7 Å². The van der Waals surface area contributed by atoms with Crippen LogP contribution in [0, 0.1) is 10.1 Å². The van der Waals surface area contributed by atoms with Crippen LogP contribution in [0.5, 0.6) is 0 Å². The average Bonchev–Trinajstić information content (AvgIpc) is 3.05. The highest BCUT2D eigenvalue weighted by Gasteiger charge is 2.26. The van der Waals surface area contributed by atoms with E-state index >= 15 is 0 Å². The predicted octanol–water partition coefficient (Wildman–Crippen LogP) is 4.43. The Bertz CT molecular complexity index is 1090. The lowest BCUT2D eigenvalue weighted by atomic mass is 10.0. The zero-order valence-electron chi connectivity index (χ0n) is 17.0. The van der Waals surface area contributed by atoms with Crippen LogP contribution >= 0.6 is 0 Å². The number of nitro groups is 1. The fourth-order valence-electron chi connectivity index (χ4n) is 3.97. The molecule has 0 radical (unpaired) electrons. The maximum absolute atomic E-state index is 12.8. The summed E-state index contributed by atoms with van der Waals surface area (Å²) in [4.78, 5) is 32.1. The van der Waals surface area contributed by atoms with E-state index in [0.29, 0.717) is 5.56 Å². The molecule has 9 heteroatoms. The molecule has 1 aromatic heterocycles. The third-order valence-electron chi connectivity index (χ3n) is 5.53. The van der Waals surface area contributed by atoms with E-state index in [1.807, 2.05) is 30.3 Å². The molecular formula is C22H24N6O3. The van der Waals surface area contributed by atoms with Gasteiger partial charge in [-0.25, -0.2) is 9.97 Å². The molecule has 31 heavy (non-hydrogen) atoms. The van der Waals surface area contributed by atoms with Gasteiger partial charge in [-0.1, -0.05) is 62.1 Å². The summed E-state index contributed by atoms with van der Waals surface area (Å²) in [6.45, 7) is 0. The van der Waals surface area contributed by atoms with Crippen LogP contribution in [0.1, 0.15) is 48.9 Å². The van der Waals surface area contributed by atoms with Gasteiger partial charge in [0.05, 0.1) is 4.92 Å². The molecule has 0 saturated heterocycles. The average molecular weight is 420 g/mol. The van der Waals surface area contributed by atoms with E-state index in [2.05, 4.69) is 26.1 Å². The predicted molar refractivity (Wildman–Crippen MR) is 119 cm³/mol. The molecule has 1 aliphatic rings. The number of hydrogen-bond acceptors (Lipinski definition) is 7. The first-order valence-electron chi connectivity index (χ1n) is 10.4. The van der Waals surface area contributed by atoms with Crippen LogP contribution in [-0.2, 0) is 0 Å². The minimum absolute atomic E-state index is 0.0651. The SMILES string of the molecule is O=C(NNc1ncnc(NC2CCCCCC2)c1[N+](=O)[O-])c1cccc2ccccc12. The number of hydrogen-bond donors (Lipinski definition) is 3. The number of aromatic nitrogens is 2. The molecule has 1 aliphatic carbocycles. The Balaban J connectivity index is 1.54. The van der Waals surface area contributed by atoms with Gasteiger partial charge in [-0.15, -0.1) is 0 Å². The van der Waals surface area contributed by atoms with Crippen molar-refractivity contribution in [3.63, 3.8) is 0 Å². The Hall–Kier alpha value is -3.75. The number of rotatable bonds is 6. The van der Waals surface area contributed by atoms with Crippen LogP contribution in [-0.4, -0.2) is 26.8 Å². The second-order valence-corrected chi connectivity index (χ2v) is 7.62. The van der Waals surface area contributed by atoms with Gasteiger partial charge in [0.1, 0.15) is 6.33 Å². The minimum atomic E-state index is -0.536. The third-order valence-corrected chi connectivity index (χ3v) is 5.53. The van der Waals surface area contributed by atoms with Crippen molar-refractivity contribution in [1.29, 1.82) is 0 Å². The van der Waals surface area contributed by atoms with Gasteiger partial charge in [0.15, 0.2) is 0 Å². The number of benzene rings is 2. The molecule has 0 aliphatic heterocycles. The van der Waals surface area contributed by atoms with Crippen molar-refractivity contribution in [2.24, 2.45) is 0 Å². The fraction of sp³-hybridized carbons (Fsp3) is 0.318. The summed E-state index contributed by atoms with van der Waals surface area (Å²) in [5.41, 5.74) is 5.32. The first-order chi connectivity index (χ1) is 15.1. The van der Waals surface area contributed by atoms with Gasteiger partial charge < -0.3 is 5.32 Å². The molecule has 0 spiro atoms. The summed E-state index contributed by atoms with van der Waals surface area (Å²) in [6.07, 6.45) is 7.67.